The highest BCUT2D eigenvalue weighted by molar-refractivity contribution is 5.30. The Kier molecular flexibility index (Phi) is 4.07. The number of aliphatic hydroxyl groups is 1. The van der Waals surface area contributed by atoms with E-state index in [0.717, 1.165) is 12.3 Å². The lowest BCUT2D eigenvalue weighted by molar-refractivity contribution is 0.00393. The van der Waals surface area contributed by atoms with Gasteiger partial charge in [-0.25, -0.2) is 0 Å². The number of aliphatic hydroxyl groups excluding tert-OH is 1. The molecule has 1 fully saturated rings. The third-order valence-corrected chi connectivity index (χ3v) is 6.99. The number of hydrogen-bond acceptors (Lipinski definition) is 1. The molecule has 2 unspecified atom stereocenters. The molecule has 5 atom stereocenters. The fourth-order valence-corrected chi connectivity index (χ4v) is 5.43. The van der Waals surface area contributed by atoms with Gasteiger partial charge in [0.1, 0.15) is 0 Å². The fourth-order valence-electron chi connectivity index (χ4n) is 5.43. The average molecular weight is 288 g/mol. The molecule has 1 N–H and O–H groups in total. The first-order chi connectivity index (χ1) is 9.93. The van der Waals surface area contributed by atoms with E-state index in [0.29, 0.717) is 11.8 Å². The highest BCUT2D eigenvalue weighted by Crippen LogP contribution is 2.59. The van der Waals surface area contributed by atoms with E-state index in [1.807, 2.05) is 0 Å². The maximum Gasteiger partial charge on any atom is 0.0636 e. The van der Waals surface area contributed by atoms with E-state index in [2.05, 4.69) is 27.4 Å². The SMILES string of the molecule is C=C1CCC[C@H](C)CCC2=C(C)C3C1CC[C@]3(C)[C@@H](O)C2. The van der Waals surface area contributed by atoms with Crippen LogP contribution in [0.4, 0.5) is 0 Å². The zero-order chi connectivity index (χ0) is 15.2. The minimum Gasteiger partial charge on any atom is -0.392 e. The van der Waals surface area contributed by atoms with Crippen LogP contribution in [0.25, 0.3) is 0 Å². The Labute approximate surface area is 130 Å². The van der Waals surface area contributed by atoms with Gasteiger partial charge in [-0.1, -0.05) is 43.6 Å². The fraction of sp³-hybridized carbons (Fsp3) is 0.800. The molecule has 0 radical (unpaired) electrons. The predicted molar refractivity (Wildman–Crippen MR) is 89.0 cm³/mol. The Hall–Kier alpha value is -0.560. The molecule has 21 heavy (non-hydrogen) atoms. The van der Waals surface area contributed by atoms with Crippen LogP contribution >= 0.6 is 0 Å². The number of allylic oxidation sites excluding steroid dienone is 2. The van der Waals surface area contributed by atoms with Crippen molar-refractivity contribution in [3.05, 3.63) is 23.3 Å². The van der Waals surface area contributed by atoms with Crippen molar-refractivity contribution in [1.82, 2.24) is 0 Å². The van der Waals surface area contributed by atoms with Gasteiger partial charge in [-0.05, 0) is 69.6 Å². The van der Waals surface area contributed by atoms with Crippen LogP contribution in [-0.2, 0) is 0 Å². The second-order valence-electron chi connectivity index (χ2n) is 8.33. The first-order valence-corrected chi connectivity index (χ1v) is 8.97. The van der Waals surface area contributed by atoms with E-state index in [9.17, 15) is 5.11 Å². The zero-order valence-electron chi connectivity index (χ0n) is 14.1. The third-order valence-electron chi connectivity index (χ3n) is 6.99. The standard InChI is InChI=1S/C20H32O/c1-13-6-5-7-14(2)17-10-11-20(4)18(21)12-16(9-8-13)15(3)19(17)20/h13,17-19,21H,2,5-12H2,1,3-4H3/t13-,17?,18-,19?,20+/m0/s1. The van der Waals surface area contributed by atoms with Gasteiger partial charge in [0, 0.05) is 5.41 Å². The van der Waals surface area contributed by atoms with Crippen molar-refractivity contribution >= 4 is 0 Å². The molecule has 0 aliphatic heterocycles. The Bertz CT molecular complexity index is 460. The molecule has 1 saturated carbocycles. The molecule has 0 aromatic carbocycles. The van der Waals surface area contributed by atoms with Gasteiger partial charge in [0.05, 0.1) is 6.10 Å². The lowest BCUT2D eigenvalue weighted by Crippen LogP contribution is -2.42. The Balaban J connectivity index is 2.00. The smallest absolute Gasteiger partial charge is 0.0636 e. The highest BCUT2D eigenvalue weighted by Gasteiger charge is 2.53. The lowest BCUT2D eigenvalue weighted by Gasteiger charge is -2.45. The summed E-state index contributed by atoms with van der Waals surface area (Å²) in [4.78, 5) is 0. The topological polar surface area (TPSA) is 20.2 Å². The molecule has 118 valence electrons. The van der Waals surface area contributed by atoms with Crippen LogP contribution in [-0.4, -0.2) is 11.2 Å². The lowest BCUT2D eigenvalue weighted by atomic mass is 9.62. The Morgan fingerprint density at radius 1 is 1.19 bits per heavy atom. The third kappa shape index (κ3) is 2.52. The number of hydrogen-bond donors (Lipinski definition) is 1. The molecular weight excluding hydrogens is 256 g/mol. The van der Waals surface area contributed by atoms with Crippen molar-refractivity contribution in [2.75, 3.05) is 0 Å². The Morgan fingerprint density at radius 2 is 1.95 bits per heavy atom. The minimum absolute atomic E-state index is 0.0981. The summed E-state index contributed by atoms with van der Waals surface area (Å²) in [5, 5.41) is 10.8. The van der Waals surface area contributed by atoms with Crippen molar-refractivity contribution < 1.29 is 5.11 Å². The zero-order valence-corrected chi connectivity index (χ0v) is 14.1. The van der Waals surface area contributed by atoms with Crippen molar-refractivity contribution in [2.24, 2.45) is 23.2 Å². The molecule has 3 aliphatic rings. The van der Waals surface area contributed by atoms with E-state index in [-0.39, 0.29) is 11.5 Å². The summed E-state index contributed by atoms with van der Waals surface area (Å²) in [7, 11) is 0. The van der Waals surface area contributed by atoms with Gasteiger partial charge >= 0.3 is 0 Å². The van der Waals surface area contributed by atoms with Crippen molar-refractivity contribution in [3.63, 3.8) is 0 Å². The summed E-state index contributed by atoms with van der Waals surface area (Å²) in [5.74, 6) is 1.98. The maximum absolute atomic E-state index is 10.8. The van der Waals surface area contributed by atoms with E-state index in [4.69, 9.17) is 0 Å². The molecule has 0 aromatic heterocycles. The first kappa shape index (κ1) is 15.3. The molecule has 2 bridgehead atoms. The largest absolute Gasteiger partial charge is 0.392 e. The van der Waals surface area contributed by atoms with Crippen molar-refractivity contribution in [1.29, 1.82) is 0 Å². The summed E-state index contributed by atoms with van der Waals surface area (Å²) >= 11 is 0. The van der Waals surface area contributed by atoms with Crippen LogP contribution in [0.5, 0.6) is 0 Å². The minimum atomic E-state index is -0.143. The molecule has 0 amide bonds. The van der Waals surface area contributed by atoms with Gasteiger partial charge in [0.2, 0.25) is 0 Å². The molecule has 0 heterocycles. The molecule has 0 aromatic rings. The van der Waals surface area contributed by atoms with Crippen LogP contribution in [0.2, 0.25) is 0 Å². The van der Waals surface area contributed by atoms with Crippen LogP contribution in [0.1, 0.15) is 72.1 Å². The average Bonchev–Trinajstić information content (AvgIpc) is 2.80. The summed E-state index contributed by atoms with van der Waals surface area (Å²) in [6, 6.07) is 0. The van der Waals surface area contributed by atoms with Gasteiger partial charge in [0.15, 0.2) is 0 Å². The molecule has 3 rings (SSSR count). The molecule has 3 aliphatic carbocycles. The summed E-state index contributed by atoms with van der Waals surface area (Å²) in [6.45, 7) is 11.5. The predicted octanol–water partition coefficient (Wildman–Crippen LogP) is 5.26. The van der Waals surface area contributed by atoms with E-state index >= 15 is 0 Å². The van der Waals surface area contributed by atoms with E-state index < -0.39 is 0 Å². The second-order valence-corrected chi connectivity index (χ2v) is 8.33. The van der Waals surface area contributed by atoms with Crippen LogP contribution in [0.15, 0.2) is 23.3 Å². The second kappa shape index (κ2) is 5.57. The van der Waals surface area contributed by atoms with Crippen LogP contribution < -0.4 is 0 Å². The van der Waals surface area contributed by atoms with Crippen molar-refractivity contribution in [3.8, 4) is 0 Å². The summed E-state index contributed by atoms with van der Waals surface area (Å²) < 4.78 is 0. The summed E-state index contributed by atoms with van der Waals surface area (Å²) in [6.07, 6.45) is 9.51. The molecule has 0 spiro atoms. The maximum atomic E-state index is 10.8. The van der Waals surface area contributed by atoms with E-state index in [1.54, 1.807) is 11.1 Å². The monoisotopic (exact) mass is 288 g/mol. The molecule has 1 heteroatoms. The van der Waals surface area contributed by atoms with Gasteiger partial charge < -0.3 is 5.11 Å². The number of rotatable bonds is 0. The quantitative estimate of drug-likeness (QED) is 0.603. The van der Waals surface area contributed by atoms with Crippen LogP contribution in [0.3, 0.4) is 0 Å². The first-order valence-electron chi connectivity index (χ1n) is 8.97. The summed E-state index contributed by atoms with van der Waals surface area (Å²) in [5.41, 5.74) is 4.74. The highest BCUT2D eigenvalue weighted by atomic mass is 16.3. The normalized spacial score (nSPS) is 44.7. The van der Waals surface area contributed by atoms with Gasteiger partial charge in [-0.2, -0.15) is 0 Å². The van der Waals surface area contributed by atoms with Gasteiger partial charge in [0.25, 0.3) is 0 Å². The van der Waals surface area contributed by atoms with E-state index in [1.165, 1.54) is 50.5 Å². The van der Waals surface area contributed by atoms with Crippen molar-refractivity contribution in [2.45, 2.75) is 78.2 Å². The van der Waals surface area contributed by atoms with Gasteiger partial charge in [-0.15, -0.1) is 0 Å². The molecule has 0 saturated heterocycles. The Morgan fingerprint density at radius 3 is 2.71 bits per heavy atom. The molecule has 1 nitrogen and oxygen atoms in total. The van der Waals surface area contributed by atoms with Gasteiger partial charge in [-0.3, -0.25) is 0 Å². The van der Waals surface area contributed by atoms with Crippen LogP contribution in [0, 0.1) is 23.2 Å². The molecular formula is C20H32O.